The van der Waals surface area contributed by atoms with Crippen molar-refractivity contribution in [3.63, 3.8) is 0 Å². The maximum Gasteiger partial charge on any atom is 0.278 e. The molecule has 0 radical (unpaired) electrons. The number of fused-ring (bicyclic) bond motifs is 1. The van der Waals surface area contributed by atoms with E-state index in [1.807, 2.05) is 0 Å². The predicted octanol–water partition coefficient (Wildman–Crippen LogP) is 0.191. The van der Waals surface area contributed by atoms with Gasteiger partial charge in [-0.15, -0.1) is 0 Å². The summed E-state index contributed by atoms with van der Waals surface area (Å²) in [7, 11) is 0. The van der Waals surface area contributed by atoms with Crippen LogP contribution in [-0.2, 0) is 6.54 Å². The van der Waals surface area contributed by atoms with Crippen LogP contribution in [0.25, 0.3) is 11.2 Å². The Balaban J connectivity index is 2.58. The van der Waals surface area contributed by atoms with E-state index in [-0.39, 0.29) is 5.56 Å². The summed E-state index contributed by atoms with van der Waals surface area (Å²) in [4.78, 5) is 21.6. The number of rotatable bonds is 2. The molecule has 0 aliphatic rings. The second-order valence-electron chi connectivity index (χ2n) is 2.69. The van der Waals surface area contributed by atoms with Gasteiger partial charge in [-0.3, -0.25) is 4.79 Å². The molecular formula is C8H8N4O2. The Kier molecular flexibility index (Phi) is 2.02. The zero-order chi connectivity index (χ0) is 9.97. The Morgan fingerprint density at radius 3 is 3.21 bits per heavy atom. The van der Waals surface area contributed by atoms with Gasteiger partial charge in [-0.2, -0.15) is 0 Å². The monoisotopic (exact) mass is 192 g/mol. The van der Waals surface area contributed by atoms with E-state index in [1.165, 1.54) is 18.7 Å². The van der Waals surface area contributed by atoms with Crippen LogP contribution in [0.5, 0.6) is 0 Å². The number of aliphatic hydroxyl groups excluding tert-OH is 1. The summed E-state index contributed by atoms with van der Waals surface area (Å²) in [6.07, 6.45) is 5.31. The molecule has 0 saturated carbocycles. The van der Waals surface area contributed by atoms with Crippen molar-refractivity contribution in [2.24, 2.45) is 0 Å². The van der Waals surface area contributed by atoms with E-state index in [0.717, 1.165) is 6.26 Å². The lowest BCUT2D eigenvalue weighted by molar-refractivity contribution is 0.469. The van der Waals surface area contributed by atoms with Crippen molar-refractivity contribution in [1.29, 1.82) is 0 Å². The Bertz CT molecular complexity index is 525. The lowest BCUT2D eigenvalue weighted by atomic mass is 10.5. The minimum absolute atomic E-state index is 0.262. The summed E-state index contributed by atoms with van der Waals surface area (Å²) >= 11 is 0. The Morgan fingerprint density at radius 1 is 1.57 bits per heavy atom. The van der Waals surface area contributed by atoms with Crippen LogP contribution in [0.1, 0.15) is 0 Å². The fourth-order valence-corrected chi connectivity index (χ4v) is 1.19. The van der Waals surface area contributed by atoms with Crippen molar-refractivity contribution in [3.8, 4) is 0 Å². The second-order valence-corrected chi connectivity index (χ2v) is 2.69. The minimum atomic E-state index is -0.262. The number of hydrogen-bond acceptors (Lipinski definition) is 4. The molecule has 14 heavy (non-hydrogen) atoms. The van der Waals surface area contributed by atoms with Gasteiger partial charge in [0.2, 0.25) is 0 Å². The number of aromatic nitrogens is 4. The van der Waals surface area contributed by atoms with E-state index in [9.17, 15) is 4.79 Å². The maximum atomic E-state index is 11.2. The minimum Gasteiger partial charge on any atom is -0.516 e. The average molecular weight is 192 g/mol. The van der Waals surface area contributed by atoms with Crippen LogP contribution in [-0.4, -0.2) is 24.6 Å². The third-order valence-electron chi connectivity index (χ3n) is 1.82. The number of H-pyrrole nitrogens is 1. The zero-order valence-corrected chi connectivity index (χ0v) is 7.21. The number of nitrogens with zero attached hydrogens (tertiary/aromatic N) is 3. The van der Waals surface area contributed by atoms with Gasteiger partial charge in [0.1, 0.15) is 0 Å². The molecular weight excluding hydrogens is 184 g/mol. The van der Waals surface area contributed by atoms with E-state index in [1.54, 1.807) is 4.57 Å². The van der Waals surface area contributed by atoms with Gasteiger partial charge in [-0.05, 0) is 6.08 Å². The molecule has 0 amide bonds. The van der Waals surface area contributed by atoms with Crippen LogP contribution in [0.2, 0.25) is 0 Å². The molecule has 0 spiro atoms. The molecule has 0 atom stereocenters. The molecule has 2 aromatic heterocycles. The van der Waals surface area contributed by atoms with Gasteiger partial charge < -0.3 is 14.7 Å². The summed E-state index contributed by atoms with van der Waals surface area (Å²) < 4.78 is 1.66. The predicted molar refractivity (Wildman–Crippen MR) is 49.9 cm³/mol. The lowest BCUT2D eigenvalue weighted by Crippen LogP contribution is -2.07. The molecule has 0 aliphatic carbocycles. The van der Waals surface area contributed by atoms with Crippen molar-refractivity contribution in [1.82, 2.24) is 19.5 Å². The van der Waals surface area contributed by atoms with Crippen molar-refractivity contribution in [2.45, 2.75) is 6.54 Å². The Hall–Kier alpha value is -2.11. The summed E-state index contributed by atoms with van der Waals surface area (Å²) in [5.41, 5.74) is 0.549. The van der Waals surface area contributed by atoms with Gasteiger partial charge in [0.25, 0.3) is 5.56 Å². The van der Waals surface area contributed by atoms with Crippen molar-refractivity contribution < 1.29 is 5.11 Å². The number of allylic oxidation sites excluding steroid dienone is 1. The lowest BCUT2D eigenvalue weighted by Gasteiger charge is -1.96. The summed E-state index contributed by atoms with van der Waals surface area (Å²) in [6.45, 7) is 0.434. The van der Waals surface area contributed by atoms with Crippen molar-refractivity contribution in [2.75, 3.05) is 0 Å². The SMILES string of the molecule is O=c1[nH]cnc2c1ncn2CC=CO. The fourth-order valence-electron chi connectivity index (χ4n) is 1.19. The summed E-state index contributed by atoms with van der Waals surface area (Å²) in [5.74, 6) is 0. The van der Waals surface area contributed by atoms with Gasteiger partial charge in [0, 0.05) is 6.54 Å². The van der Waals surface area contributed by atoms with Gasteiger partial charge in [-0.1, -0.05) is 0 Å². The fraction of sp³-hybridized carbons (Fsp3) is 0.125. The Morgan fingerprint density at radius 2 is 2.43 bits per heavy atom. The average Bonchev–Trinajstić information content (AvgIpc) is 2.60. The van der Waals surface area contributed by atoms with Crippen molar-refractivity contribution >= 4 is 11.2 Å². The molecule has 2 heterocycles. The molecule has 0 unspecified atom stereocenters. The van der Waals surface area contributed by atoms with E-state index < -0.39 is 0 Å². The quantitative estimate of drug-likeness (QED) is 0.665. The summed E-state index contributed by atoms with van der Waals surface area (Å²) in [6, 6.07) is 0. The highest BCUT2D eigenvalue weighted by molar-refractivity contribution is 5.68. The summed E-state index contributed by atoms with van der Waals surface area (Å²) in [5, 5.41) is 8.49. The third kappa shape index (κ3) is 1.26. The normalized spacial score (nSPS) is 11.4. The highest BCUT2D eigenvalue weighted by Crippen LogP contribution is 2.03. The molecule has 0 aromatic carbocycles. The first-order chi connectivity index (χ1) is 6.83. The van der Waals surface area contributed by atoms with Crippen molar-refractivity contribution in [3.05, 3.63) is 35.3 Å². The van der Waals surface area contributed by atoms with E-state index in [2.05, 4.69) is 15.0 Å². The molecule has 0 fully saturated rings. The number of aromatic amines is 1. The largest absolute Gasteiger partial charge is 0.516 e. The van der Waals surface area contributed by atoms with Gasteiger partial charge in [0.15, 0.2) is 11.2 Å². The third-order valence-corrected chi connectivity index (χ3v) is 1.82. The smallest absolute Gasteiger partial charge is 0.278 e. The van der Waals surface area contributed by atoms with E-state index >= 15 is 0 Å². The van der Waals surface area contributed by atoms with Crippen LogP contribution >= 0.6 is 0 Å². The molecule has 72 valence electrons. The van der Waals surface area contributed by atoms with Crippen LogP contribution in [0, 0.1) is 0 Å². The zero-order valence-electron chi connectivity index (χ0n) is 7.21. The van der Waals surface area contributed by atoms with Gasteiger partial charge in [0.05, 0.1) is 18.9 Å². The van der Waals surface area contributed by atoms with Crippen LogP contribution in [0.3, 0.4) is 0 Å². The highest BCUT2D eigenvalue weighted by Gasteiger charge is 2.04. The molecule has 6 heteroatoms. The van der Waals surface area contributed by atoms with Crippen LogP contribution in [0.4, 0.5) is 0 Å². The van der Waals surface area contributed by atoms with Gasteiger partial charge >= 0.3 is 0 Å². The molecule has 6 nitrogen and oxygen atoms in total. The molecule has 2 aromatic rings. The topological polar surface area (TPSA) is 83.8 Å². The number of imidazole rings is 1. The first-order valence-corrected chi connectivity index (χ1v) is 4.00. The number of hydrogen-bond donors (Lipinski definition) is 2. The van der Waals surface area contributed by atoms with Crippen LogP contribution in [0.15, 0.2) is 29.8 Å². The van der Waals surface area contributed by atoms with E-state index in [0.29, 0.717) is 17.7 Å². The molecule has 0 aliphatic heterocycles. The highest BCUT2D eigenvalue weighted by atomic mass is 16.2. The maximum absolute atomic E-state index is 11.2. The molecule has 0 bridgehead atoms. The van der Waals surface area contributed by atoms with E-state index in [4.69, 9.17) is 5.11 Å². The standard InChI is InChI=1S/C8H8N4O2/c13-3-1-2-12-5-11-6-7(12)9-4-10-8(6)14/h1,3-5,13H,2H2,(H,9,10,14). The molecule has 2 N–H and O–H groups in total. The first-order valence-electron chi connectivity index (χ1n) is 4.00. The van der Waals surface area contributed by atoms with Crippen LogP contribution < -0.4 is 5.56 Å². The number of aliphatic hydroxyl groups is 1. The van der Waals surface area contributed by atoms with Gasteiger partial charge in [-0.25, -0.2) is 9.97 Å². The molecule has 2 rings (SSSR count). The molecule has 0 saturated heterocycles. The second kappa shape index (κ2) is 3.33. The first kappa shape index (κ1) is 8.49. The number of nitrogens with one attached hydrogen (secondary N) is 1. The Labute approximate surface area is 78.6 Å².